The molecule has 2 N–H and O–H groups in total. The van der Waals surface area contributed by atoms with Crippen molar-refractivity contribution in [3.05, 3.63) is 11.8 Å². The maximum atomic E-state index is 12.6. The van der Waals surface area contributed by atoms with Crippen LogP contribution in [0.2, 0.25) is 0 Å². The van der Waals surface area contributed by atoms with Crippen molar-refractivity contribution in [2.75, 3.05) is 6.54 Å². The lowest BCUT2D eigenvalue weighted by molar-refractivity contribution is 0.226. The maximum Gasteiger partial charge on any atom is 0.279 e. The van der Waals surface area contributed by atoms with Crippen molar-refractivity contribution < 1.29 is 8.78 Å². The molecule has 4 heteroatoms. The second-order valence-corrected chi connectivity index (χ2v) is 4.38. The lowest BCUT2D eigenvalue weighted by Crippen LogP contribution is -2.13. The number of nitrogens with zero attached hydrogens (tertiary/aromatic N) is 1. The summed E-state index contributed by atoms with van der Waals surface area (Å²) in [6.45, 7) is 4.31. The molecule has 0 bridgehead atoms. The summed E-state index contributed by atoms with van der Waals surface area (Å²) in [5.74, 6) is 0.599. The van der Waals surface area contributed by atoms with Gasteiger partial charge in [-0.05, 0) is 30.8 Å². The zero-order chi connectivity index (χ0) is 11.4. The van der Waals surface area contributed by atoms with Gasteiger partial charge in [0.15, 0.2) is 0 Å². The maximum absolute atomic E-state index is 12.6. The van der Waals surface area contributed by atoms with Crippen LogP contribution < -0.4 is 5.73 Å². The van der Waals surface area contributed by atoms with E-state index in [1.165, 1.54) is 6.08 Å². The Kier molecular flexibility index (Phi) is 4.24. The fraction of sp³-hybridized carbons (Fsp3) is 0.727. The Morgan fingerprint density at radius 1 is 1.47 bits per heavy atom. The molecule has 2 nitrogen and oxygen atoms in total. The van der Waals surface area contributed by atoms with Crippen molar-refractivity contribution in [2.45, 2.75) is 33.1 Å². The molecule has 15 heavy (non-hydrogen) atoms. The largest absolute Gasteiger partial charge is 0.402 e. The van der Waals surface area contributed by atoms with Crippen molar-refractivity contribution >= 4 is 5.71 Å². The van der Waals surface area contributed by atoms with Crippen LogP contribution in [-0.4, -0.2) is 18.7 Å². The van der Waals surface area contributed by atoms with E-state index in [2.05, 4.69) is 4.99 Å². The summed E-state index contributed by atoms with van der Waals surface area (Å²) in [6, 6.07) is 0. The van der Waals surface area contributed by atoms with E-state index in [0.717, 1.165) is 12.8 Å². The number of halogens is 2. The standard InChI is InChI=1S/C11H18F2N2/c1-7(2)6-15-10(11(12)13)5-9(14)8-3-4-8/h5,7-8,11H,3-4,6,14H2,1-2H3/b9-5-,15-10?. The Balaban J connectivity index is 2.64. The molecule has 1 fully saturated rings. The third kappa shape index (κ3) is 4.40. The van der Waals surface area contributed by atoms with Gasteiger partial charge >= 0.3 is 0 Å². The second kappa shape index (κ2) is 5.24. The number of hydrogen-bond donors (Lipinski definition) is 1. The predicted molar refractivity (Wildman–Crippen MR) is 58.1 cm³/mol. The van der Waals surface area contributed by atoms with Crippen molar-refractivity contribution in [3.63, 3.8) is 0 Å². The van der Waals surface area contributed by atoms with Crippen molar-refractivity contribution in [3.8, 4) is 0 Å². The number of alkyl halides is 2. The molecule has 1 aliphatic carbocycles. The predicted octanol–water partition coefficient (Wildman–Crippen LogP) is 2.60. The Labute approximate surface area is 89.3 Å². The number of hydrogen-bond acceptors (Lipinski definition) is 2. The summed E-state index contributed by atoms with van der Waals surface area (Å²) in [5, 5.41) is 0. The molecule has 0 unspecified atom stereocenters. The quantitative estimate of drug-likeness (QED) is 0.705. The Bertz CT molecular complexity index is 266. The third-order valence-corrected chi connectivity index (χ3v) is 2.23. The smallest absolute Gasteiger partial charge is 0.279 e. The number of nitrogens with two attached hydrogens (primary N) is 1. The van der Waals surface area contributed by atoms with Crippen molar-refractivity contribution in [2.24, 2.45) is 22.6 Å². The van der Waals surface area contributed by atoms with Gasteiger partial charge in [0.05, 0.1) is 0 Å². The lowest BCUT2D eigenvalue weighted by Gasteiger charge is -2.04. The van der Waals surface area contributed by atoms with Gasteiger partial charge in [0.25, 0.3) is 6.43 Å². The van der Waals surface area contributed by atoms with E-state index in [1.807, 2.05) is 13.8 Å². The number of rotatable bonds is 5. The van der Waals surface area contributed by atoms with Gasteiger partial charge in [0, 0.05) is 12.2 Å². The molecule has 1 aliphatic rings. The first-order valence-corrected chi connectivity index (χ1v) is 5.30. The van der Waals surface area contributed by atoms with Gasteiger partial charge in [-0.1, -0.05) is 13.8 Å². The van der Waals surface area contributed by atoms with E-state index in [0.29, 0.717) is 18.2 Å². The van der Waals surface area contributed by atoms with Crippen LogP contribution in [0.15, 0.2) is 16.8 Å². The Morgan fingerprint density at radius 3 is 2.47 bits per heavy atom. The number of allylic oxidation sites excluding steroid dienone is 2. The van der Waals surface area contributed by atoms with Crippen LogP contribution in [0.4, 0.5) is 8.78 Å². The molecule has 0 amide bonds. The molecular formula is C11H18F2N2. The molecule has 1 saturated carbocycles. The SMILES string of the molecule is CC(C)CN=C(/C=C(\N)C1CC1)C(F)F. The topological polar surface area (TPSA) is 38.4 Å². The van der Waals surface area contributed by atoms with Crippen LogP contribution in [0.25, 0.3) is 0 Å². The van der Waals surface area contributed by atoms with Gasteiger partial charge in [0.1, 0.15) is 5.71 Å². The Morgan fingerprint density at radius 2 is 2.07 bits per heavy atom. The van der Waals surface area contributed by atoms with E-state index < -0.39 is 6.43 Å². The Hall–Kier alpha value is -0.930. The summed E-state index contributed by atoms with van der Waals surface area (Å²) in [5.41, 5.74) is 6.05. The van der Waals surface area contributed by atoms with Crippen LogP contribution in [0.5, 0.6) is 0 Å². The molecule has 0 aromatic carbocycles. The van der Waals surface area contributed by atoms with Crippen molar-refractivity contribution in [1.29, 1.82) is 0 Å². The molecule has 0 atom stereocenters. The van der Waals surface area contributed by atoms with Crippen LogP contribution in [0.1, 0.15) is 26.7 Å². The highest BCUT2D eigenvalue weighted by Gasteiger charge is 2.25. The molecule has 0 spiro atoms. The zero-order valence-electron chi connectivity index (χ0n) is 9.21. The summed E-state index contributed by atoms with van der Waals surface area (Å²) in [4.78, 5) is 3.88. The fourth-order valence-electron chi connectivity index (χ4n) is 1.17. The van der Waals surface area contributed by atoms with Crippen LogP contribution in [-0.2, 0) is 0 Å². The lowest BCUT2D eigenvalue weighted by atomic mass is 10.2. The first-order valence-electron chi connectivity index (χ1n) is 5.30. The first-order chi connectivity index (χ1) is 7.00. The molecule has 0 aliphatic heterocycles. The van der Waals surface area contributed by atoms with E-state index in [9.17, 15) is 8.78 Å². The van der Waals surface area contributed by atoms with Crippen LogP contribution in [0.3, 0.4) is 0 Å². The average molecular weight is 216 g/mol. The second-order valence-electron chi connectivity index (χ2n) is 4.38. The van der Waals surface area contributed by atoms with Gasteiger partial charge in [-0.15, -0.1) is 0 Å². The average Bonchev–Trinajstić information content (AvgIpc) is 2.93. The highest BCUT2D eigenvalue weighted by Crippen LogP contribution is 2.33. The highest BCUT2D eigenvalue weighted by atomic mass is 19.3. The number of aliphatic imine (C=N–C) groups is 1. The van der Waals surface area contributed by atoms with Gasteiger partial charge in [-0.2, -0.15) is 0 Å². The molecule has 0 saturated heterocycles. The van der Waals surface area contributed by atoms with Crippen LogP contribution >= 0.6 is 0 Å². The van der Waals surface area contributed by atoms with E-state index in [4.69, 9.17) is 5.73 Å². The summed E-state index contributed by atoms with van der Waals surface area (Å²) >= 11 is 0. The van der Waals surface area contributed by atoms with Gasteiger partial charge in [-0.25, -0.2) is 8.78 Å². The molecular weight excluding hydrogens is 198 g/mol. The van der Waals surface area contributed by atoms with Gasteiger partial charge < -0.3 is 5.73 Å². The van der Waals surface area contributed by atoms with Crippen LogP contribution in [0, 0.1) is 11.8 Å². The molecule has 0 aromatic rings. The van der Waals surface area contributed by atoms with Gasteiger partial charge in [-0.3, -0.25) is 4.99 Å². The molecule has 0 heterocycles. The summed E-state index contributed by atoms with van der Waals surface area (Å²) in [7, 11) is 0. The minimum absolute atomic E-state index is 0.173. The molecule has 86 valence electrons. The van der Waals surface area contributed by atoms with E-state index in [1.54, 1.807) is 0 Å². The first kappa shape index (κ1) is 12.1. The fourth-order valence-corrected chi connectivity index (χ4v) is 1.17. The van der Waals surface area contributed by atoms with Gasteiger partial charge in [0.2, 0.25) is 0 Å². The highest BCUT2D eigenvalue weighted by molar-refractivity contribution is 5.98. The van der Waals surface area contributed by atoms with Crippen molar-refractivity contribution in [1.82, 2.24) is 0 Å². The minimum Gasteiger partial charge on any atom is -0.402 e. The minimum atomic E-state index is -2.53. The third-order valence-electron chi connectivity index (χ3n) is 2.23. The van der Waals surface area contributed by atoms with E-state index in [-0.39, 0.29) is 11.6 Å². The summed E-state index contributed by atoms with van der Waals surface area (Å²) in [6.07, 6.45) is 0.859. The monoisotopic (exact) mass is 216 g/mol. The molecule has 1 rings (SSSR count). The zero-order valence-corrected chi connectivity index (χ0v) is 9.21. The molecule has 0 radical (unpaired) electrons. The summed E-state index contributed by atoms with van der Waals surface area (Å²) < 4.78 is 25.1. The van der Waals surface area contributed by atoms with E-state index >= 15 is 0 Å². The molecule has 0 aromatic heterocycles. The normalized spacial score (nSPS) is 19.1.